The Labute approximate surface area is 398 Å². The quantitative estimate of drug-likeness (QED) is 0.212. The van der Waals surface area contributed by atoms with Gasteiger partial charge in [0, 0.05) is 60.2 Å². The molecule has 2 aliphatic carbocycles. The summed E-state index contributed by atoms with van der Waals surface area (Å²) >= 11 is 0. The molecule has 9 rings (SSSR count). The Morgan fingerprint density at radius 1 is 0.662 bits per heavy atom. The van der Waals surface area contributed by atoms with Crippen LogP contribution in [0.5, 0.6) is 0 Å². The molecular formula is C49H74O19. The number of esters is 2. The van der Waals surface area contributed by atoms with Gasteiger partial charge in [-0.2, -0.15) is 0 Å². The molecule has 0 spiro atoms. The van der Waals surface area contributed by atoms with Gasteiger partial charge >= 0.3 is 11.9 Å². The summed E-state index contributed by atoms with van der Waals surface area (Å²) in [5.41, 5.74) is 1.38. The Hall–Kier alpha value is -2.18. The van der Waals surface area contributed by atoms with Gasteiger partial charge in [-0.15, -0.1) is 0 Å². The highest BCUT2D eigenvalue weighted by atomic mass is 16.8. The molecule has 0 aromatic carbocycles. The smallest absolute Gasteiger partial charge is 0.336 e. The summed E-state index contributed by atoms with van der Waals surface area (Å²) < 4.78 is 92.1. The van der Waals surface area contributed by atoms with Crippen molar-refractivity contribution in [2.75, 3.05) is 35.0 Å². The van der Waals surface area contributed by atoms with Crippen molar-refractivity contribution in [3.05, 3.63) is 23.3 Å². The van der Waals surface area contributed by atoms with E-state index in [2.05, 4.69) is 13.0 Å². The highest BCUT2D eigenvalue weighted by Gasteiger charge is 2.62. The fourth-order valence-electron chi connectivity index (χ4n) is 12.8. The molecule has 24 atom stereocenters. The van der Waals surface area contributed by atoms with Crippen molar-refractivity contribution in [3.8, 4) is 0 Å². The van der Waals surface area contributed by atoms with Gasteiger partial charge in [-0.25, -0.2) is 4.79 Å². The topological polar surface area (TPSA) is 213 Å². The minimum atomic E-state index is -1.18. The summed E-state index contributed by atoms with van der Waals surface area (Å²) in [6.07, 6.45) is -3.20. The monoisotopic (exact) mass is 966 g/mol. The standard InChI is InChI=1S/C49H74O19/c1-22-39(50)31(54-7)18-35(59-22)65-41-23(2)60-36(19-32(41)55-8)66-42-24(3)61-37(20-33(42)56-9)67-43-25(4)62-47(40(51)44(43)57-10)63-27-15-16-48(5)26(17-27)11-12-28-30(48)14-13-29-38-34(64-45(28)52)21-58-49(38,6)68-46(29)53/h11,13,22-25,27-28,30-44,47,50-51H,12,14-21H2,1-10H3. The number of hydrogen-bond donors (Lipinski definition) is 2. The van der Waals surface area contributed by atoms with E-state index in [1.165, 1.54) is 12.7 Å². The van der Waals surface area contributed by atoms with Crippen molar-refractivity contribution >= 4 is 11.9 Å². The van der Waals surface area contributed by atoms with Crippen LogP contribution in [-0.2, 0) is 80.6 Å². The number of allylic oxidation sites excluding steroid dienone is 2. The summed E-state index contributed by atoms with van der Waals surface area (Å²) in [6.45, 7) is 11.6. The van der Waals surface area contributed by atoms with Crippen molar-refractivity contribution in [2.45, 2.75) is 215 Å². The molecule has 0 bridgehead atoms. The second kappa shape index (κ2) is 20.4. The van der Waals surface area contributed by atoms with Gasteiger partial charge in [0.15, 0.2) is 25.2 Å². The fraction of sp³-hybridized carbons (Fsp3) is 0.878. The van der Waals surface area contributed by atoms with Gasteiger partial charge in [0.05, 0.1) is 67.3 Å². The van der Waals surface area contributed by atoms with Crippen LogP contribution in [-0.4, -0.2) is 180 Å². The van der Waals surface area contributed by atoms with Crippen LogP contribution in [0.25, 0.3) is 0 Å². The maximum Gasteiger partial charge on any atom is 0.336 e. The second-order valence-corrected chi connectivity index (χ2v) is 20.7. The zero-order valence-corrected chi connectivity index (χ0v) is 41.1. The van der Waals surface area contributed by atoms with Gasteiger partial charge in [0.25, 0.3) is 0 Å². The average Bonchev–Trinajstić information content (AvgIpc) is 3.77. The Balaban J connectivity index is 0.787. The summed E-state index contributed by atoms with van der Waals surface area (Å²) in [4.78, 5) is 26.8. The van der Waals surface area contributed by atoms with Crippen molar-refractivity contribution in [2.24, 2.45) is 23.2 Å². The summed E-state index contributed by atoms with van der Waals surface area (Å²) in [5, 5.41) is 22.2. The Bertz CT molecular complexity index is 1860. The van der Waals surface area contributed by atoms with Crippen LogP contribution < -0.4 is 0 Å². The molecule has 24 unspecified atom stereocenters. The lowest BCUT2D eigenvalue weighted by atomic mass is 9.55. The van der Waals surface area contributed by atoms with Crippen molar-refractivity contribution in [3.63, 3.8) is 0 Å². The number of carbonyl (C=O) groups excluding carboxylic acids is 2. The van der Waals surface area contributed by atoms with Gasteiger partial charge in [0.2, 0.25) is 5.79 Å². The third-order valence-electron chi connectivity index (χ3n) is 16.7. The van der Waals surface area contributed by atoms with Gasteiger partial charge in [0.1, 0.15) is 42.7 Å². The van der Waals surface area contributed by atoms with E-state index in [-0.39, 0.29) is 42.0 Å². The van der Waals surface area contributed by atoms with E-state index < -0.39 is 122 Å². The van der Waals surface area contributed by atoms with E-state index in [9.17, 15) is 19.8 Å². The van der Waals surface area contributed by atoms with E-state index in [1.807, 2.05) is 26.8 Å². The summed E-state index contributed by atoms with van der Waals surface area (Å²) in [7, 11) is 6.34. The van der Waals surface area contributed by atoms with Crippen LogP contribution in [0, 0.1) is 23.2 Å². The molecule has 1 saturated carbocycles. The lowest BCUT2D eigenvalue weighted by Gasteiger charge is -2.51. The molecule has 0 amide bonds. The van der Waals surface area contributed by atoms with Crippen LogP contribution in [0.1, 0.15) is 92.9 Å². The molecule has 19 nitrogen and oxygen atoms in total. The first kappa shape index (κ1) is 50.7. The van der Waals surface area contributed by atoms with Crippen LogP contribution >= 0.6 is 0 Å². The predicted molar refractivity (Wildman–Crippen MR) is 234 cm³/mol. The summed E-state index contributed by atoms with van der Waals surface area (Å²) in [5.74, 6) is -2.71. The molecule has 2 N–H and O–H groups in total. The molecule has 7 fully saturated rings. The van der Waals surface area contributed by atoms with E-state index in [1.54, 1.807) is 35.2 Å². The Morgan fingerprint density at radius 3 is 1.87 bits per heavy atom. The van der Waals surface area contributed by atoms with Gasteiger partial charge in [-0.05, 0) is 71.1 Å². The minimum absolute atomic E-state index is 0.0892. The number of aliphatic hydroxyl groups excluding tert-OH is 2. The highest BCUT2D eigenvalue weighted by Crippen LogP contribution is 2.57. The zero-order chi connectivity index (χ0) is 48.4. The normalized spacial score (nSPS) is 50.6. The first-order valence-corrected chi connectivity index (χ1v) is 24.7. The molecule has 68 heavy (non-hydrogen) atoms. The third kappa shape index (κ3) is 9.50. The van der Waals surface area contributed by atoms with E-state index in [0.717, 1.165) is 6.42 Å². The van der Waals surface area contributed by atoms with Crippen LogP contribution in [0.4, 0.5) is 0 Å². The number of carbonyl (C=O) groups is 2. The van der Waals surface area contributed by atoms with Crippen molar-refractivity contribution in [1.82, 2.24) is 0 Å². The predicted octanol–water partition coefficient (Wildman–Crippen LogP) is 3.37. The minimum Gasteiger partial charge on any atom is -0.459 e. The average molecular weight is 967 g/mol. The summed E-state index contributed by atoms with van der Waals surface area (Å²) in [6, 6.07) is 0. The second-order valence-electron chi connectivity index (χ2n) is 20.7. The maximum absolute atomic E-state index is 13.8. The lowest BCUT2D eigenvalue weighted by Crippen LogP contribution is -2.61. The fourth-order valence-corrected chi connectivity index (χ4v) is 12.8. The van der Waals surface area contributed by atoms with E-state index >= 15 is 0 Å². The molecule has 19 heteroatoms. The lowest BCUT2D eigenvalue weighted by molar-refractivity contribution is -0.357. The van der Waals surface area contributed by atoms with Crippen LogP contribution in [0.3, 0.4) is 0 Å². The highest BCUT2D eigenvalue weighted by molar-refractivity contribution is 5.92. The van der Waals surface area contributed by atoms with Crippen molar-refractivity contribution < 1.29 is 90.9 Å². The number of methoxy groups -OCH3 is 4. The van der Waals surface area contributed by atoms with Crippen molar-refractivity contribution in [1.29, 1.82) is 0 Å². The molecule has 9 aliphatic rings. The third-order valence-corrected chi connectivity index (χ3v) is 16.7. The number of rotatable bonds is 12. The molecule has 0 aromatic rings. The largest absolute Gasteiger partial charge is 0.459 e. The number of aliphatic hydroxyl groups is 2. The van der Waals surface area contributed by atoms with Crippen LogP contribution in [0.15, 0.2) is 23.3 Å². The van der Waals surface area contributed by atoms with Gasteiger partial charge in [-0.3, -0.25) is 4.79 Å². The number of hydrogen-bond acceptors (Lipinski definition) is 19. The molecule has 0 radical (unpaired) electrons. The first-order valence-electron chi connectivity index (χ1n) is 24.7. The van der Waals surface area contributed by atoms with E-state index in [4.69, 9.17) is 71.1 Å². The van der Waals surface area contributed by atoms with Crippen LogP contribution in [0.2, 0.25) is 0 Å². The molecule has 7 heterocycles. The number of ether oxygens (including phenoxy) is 15. The van der Waals surface area contributed by atoms with Gasteiger partial charge in [-0.1, -0.05) is 24.6 Å². The molecule has 384 valence electrons. The van der Waals surface area contributed by atoms with Gasteiger partial charge < -0.3 is 81.3 Å². The Kier molecular flexibility index (Phi) is 15.2. The SMILES string of the molecule is COC1CC(OC2C(C)OC(OC3C(C)OC(OC4C(C)OC(OC5CCC6(C)C(=CCC7C(=O)OC8COC9(C)OC(=O)C(=CCC76)C89)C5)C(O)C4OC)CC3OC)CC2OC)OC(C)C1O. The number of fused-ring (bicyclic) bond motifs is 3. The molecule has 7 aliphatic heterocycles. The Morgan fingerprint density at radius 2 is 1.25 bits per heavy atom. The van der Waals surface area contributed by atoms with E-state index in [0.29, 0.717) is 50.5 Å². The molecular weight excluding hydrogens is 893 g/mol. The maximum atomic E-state index is 13.8. The molecule has 0 aromatic heterocycles. The first-order chi connectivity index (χ1) is 32.5. The molecule has 6 saturated heterocycles. The zero-order valence-electron chi connectivity index (χ0n) is 41.1.